The van der Waals surface area contributed by atoms with Crippen molar-refractivity contribution in [3.8, 4) is 11.3 Å². The molecule has 2 aromatic rings. The molecule has 2 fully saturated rings. The monoisotopic (exact) mass is 503 g/mol. The third-order valence-electron chi connectivity index (χ3n) is 6.02. The summed E-state index contributed by atoms with van der Waals surface area (Å²) in [5.74, 6) is 1.53. The van der Waals surface area contributed by atoms with Crippen LogP contribution >= 0.6 is 12.2 Å². The highest BCUT2D eigenvalue weighted by Crippen LogP contribution is 2.38. The highest BCUT2D eigenvalue weighted by Gasteiger charge is 2.30. The number of rotatable bonds is 7. The van der Waals surface area contributed by atoms with Gasteiger partial charge in [0.25, 0.3) is 0 Å². The minimum atomic E-state index is -0.480. The van der Waals surface area contributed by atoms with Gasteiger partial charge in [-0.2, -0.15) is 4.98 Å². The molecule has 2 saturated heterocycles. The van der Waals surface area contributed by atoms with Crippen LogP contribution in [0.2, 0.25) is 0 Å². The van der Waals surface area contributed by atoms with E-state index in [-0.39, 0.29) is 5.95 Å². The summed E-state index contributed by atoms with van der Waals surface area (Å²) in [5, 5.41) is 2.81. The molecule has 3 aliphatic rings. The Hall–Kier alpha value is -2.94. The van der Waals surface area contributed by atoms with Gasteiger partial charge in [0.05, 0.1) is 32.1 Å². The summed E-state index contributed by atoms with van der Waals surface area (Å²) in [6.45, 7) is 7.76. The van der Waals surface area contributed by atoms with Gasteiger partial charge in [0.1, 0.15) is 0 Å². The molecule has 3 N–H and O–H groups in total. The maximum Gasteiger partial charge on any atom is 0.420 e. The first kappa shape index (κ1) is 23.8. The minimum absolute atomic E-state index is 0.207. The number of carbonyl (C=O) groups excluding carboxylic acids is 1. The second kappa shape index (κ2) is 11.2. The second-order valence-corrected chi connectivity index (χ2v) is 9.04. The zero-order valence-corrected chi connectivity index (χ0v) is 20.2. The van der Waals surface area contributed by atoms with E-state index in [1.54, 1.807) is 12.4 Å². The van der Waals surface area contributed by atoms with Crippen LogP contribution in [0.1, 0.15) is 5.56 Å². The lowest BCUT2D eigenvalue weighted by atomic mass is 10.1. The lowest BCUT2D eigenvalue weighted by Crippen LogP contribution is -2.41. The smallest absolute Gasteiger partial charge is 0.379 e. The number of nitrogens with two attached hydrogens (primary N) is 1. The van der Waals surface area contributed by atoms with Crippen molar-refractivity contribution in [2.75, 3.05) is 87.2 Å². The Bertz CT molecular complexity index is 1020. The molecule has 0 aliphatic carbocycles. The zero-order chi connectivity index (χ0) is 24.0. The minimum Gasteiger partial charge on any atom is -0.379 e. The Balaban J connectivity index is 1.27. The molecule has 13 nitrogen and oxygen atoms in total. The Morgan fingerprint density at radius 3 is 2.51 bits per heavy atom. The average molecular weight is 504 g/mol. The topological polar surface area (TPSA) is 144 Å². The molecular formula is C21H29N9O4S. The number of amides is 1. The maximum atomic E-state index is 12.3. The van der Waals surface area contributed by atoms with Gasteiger partial charge in [-0.25, -0.2) is 19.7 Å². The summed E-state index contributed by atoms with van der Waals surface area (Å²) >= 11 is 0.985. The average Bonchev–Trinajstić information content (AvgIpc) is 3.31. The molecule has 0 bridgehead atoms. The number of aromatic nitrogens is 4. The van der Waals surface area contributed by atoms with Crippen molar-refractivity contribution in [1.82, 2.24) is 30.2 Å². The van der Waals surface area contributed by atoms with Crippen molar-refractivity contribution in [2.45, 2.75) is 6.42 Å². The van der Waals surface area contributed by atoms with Gasteiger partial charge in [0, 0.05) is 69.3 Å². The second-order valence-electron chi connectivity index (χ2n) is 8.28. The van der Waals surface area contributed by atoms with E-state index >= 15 is 0 Å². The van der Waals surface area contributed by atoms with E-state index in [1.165, 1.54) is 0 Å². The largest absolute Gasteiger partial charge is 0.420 e. The van der Waals surface area contributed by atoms with E-state index in [9.17, 15) is 4.79 Å². The van der Waals surface area contributed by atoms with Gasteiger partial charge in [-0.3, -0.25) is 9.21 Å². The van der Waals surface area contributed by atoms with E-state index in [2.05, 4.69) is 25.1 Å². The zero-order valence-electron chi connectivity index (χ0n) is 19.4. The molecule has 35 heavy (non-hydrogen) atoms. The van der Waals surface area contributed by atoms with Crippen molar-refractivity contribution in [2.24, 2.45) is 0 Å². The van der Waals surface area contributed by atoms with E-state index < -0.39 is 6.09 Å². The van der Waals surface area contributed by atoms with Crippen molar-refractivity contribution in [3.05, 3.63) is 18.0 Å². The van der Waals surface area contributed by atoms with E-state index in [0.717, 1.165) is 67.7 Å². The van der Waals surface area contributed by atoms with Crippen molar-refractivity contribution in [1.29, 1.82) is 0 Å². The Morgan fingerprint density at radius 1 is 1.06 bits per heavy atom. The molecule has 188 valence electrons. The van der Waals surface area contributed by atoms with Crippen LogP contribution in [0.4, 0.5) is 22.5 Å². The standard InChI is InChI=1S/C21H29N9O4S/c22-19-24-13-15(14-25-19)17-16-1-3-30(18(16)27-20(26-17)29-7-11-33-12-8-29)35-34-21(31)23-2-4-28-5-9-32-10-6-28/h13-14H,1-12H2,(H,23,31)(H2,22,24,25). The van der Waals surface area contributed by atoms with Gasteiger partial charge in [-0.1, -0.05) is 0 Å². The van der Waals surface area contributed by atoms with Crippen molar-refractivity contribution in [3.63, 3.8) is 0 Å². The molecule has 0 atom stereocenters. The number of hydrogen-bond acceptors (Lipinski definition) is 13. The summed E-state index contributed by atoms with van der Waals surface area (Å²) < 4.78 is 18.1. The number of carbonyl (C=O) groups is 1. The lowest BCUT2D eigenvalue weighted by Gasteiger charge is -2.28. The maximum absolute atomic E-state index is 12.3. The van der Waals surface area contributed by atoms with Crippen LogP contribution in [0, 0.1) is 0 Å². The van der Waals surface area contributed by atoms with Crippen LogP contribution < -0.4 is 20.3 Å². The summed E-state index contributed by atoms with van der Waals surface area (Å²) in [6, 6.07) is 0. The molecule has 1 amide bonds. The van der Waals surface area contributed by atoms with Gasteiger partial charge in [-0.15, -0.1) is 0 Å². The van der Waals surface area contributed by atoms with E-state index in [0.29, 0.717) is 51.8 Å². The van der Waals surface area contributed by atoms with Crippen LogP contribution in [-0.4, -0.2) is 103 Å². The Labute approximate surface area is 207 Å². The van der Waals surface area contributed by atoms with E-state index in [1.807, 2.05) is 4.31 Å². The number of ether oxygens (including phenoxy) is 2. The van der Waals surface area contributed by atoms with Gasteiger partial charge in [-0.05, 0) is 6.42 Å². The third kappa shape index (κ3) is 5.83. The number of nitrogens with zero attached hydrogens (tertiary/aromatic N) is 7. The molecular weight excluding hydrogens is 474 g/mol. The van der Waals surface area contributed by atoms with E-state index in [4.69, 9.17) is 29.4 Å². The third-order valence-corrected chi connectivity index (χ3v) is 6.78. The van der Waals surface area contributed by atoms with Crippen molar-refractivity contribution >= 4 is 36.0 Å². The highest BCUT2D eigenvalue weighted by atomic mass is 32.2. The summed E-state index contributed by atoms with van der Waals surface area (Å²) in [5.41, 5.74) is 8.16. The number of nitrogens with one attached hydrogen (secondary N) is 1. The SMILES string of the molecule is Nc1ncc(-c2nc(N3CCOCC3)nc3c2CCN3SOC(=O)NCCN2CCOCC2)cn1. The molecule has 5 rings (SSSR count). The number of nitrogen functional groups attached to an aromatic ring is 1. The Morgan fingerprint density at radius 2 is 1.77 bits per heavy atom. The molecule has 0 unspecified atom stereocenters. The first-order valence-electron chi connectivity index (χ1n) is 11.7. The van der Waals surface area contributed by atoms with Crippen LogP contribution in [0.3, 0.4) is 0 Å². The van der Waals surface area contributed by atoms with Gasteiger partial charge >= 0.3 is 6.09 Å². The quantitative estimate of drug-likeness (QED) is 0.396. The van der Waals surface area contributed by atoms with Crippen LogP contribution in [-0.2, 0) is 20.1 Å². The predicted octanol–water partition coefficient (Wildman–Crippen LogP) is 0.337. The molecule has 0 radical (unpaired) electrons. The predicted molar refractivity (Wildman–Crippen MR) is 131 cm³/mol. The molecule has 0 aromatic carbocycles. The fourth-order valence-corrected chi connectivity index (χ4v) is 4.75. The molecule has 5 heterocycles. The Kier molecular flexibility index (Phi) is 7.61. The molecule has 14 heteroatoms. The van der Waals surface area contributed by atoms with Crippen LogP contribution in [0.15, 0.2) is 12.4 Å². The van der Waals surface area contributed by atoms with Gasteiger partial charge < -0.3 is 29.6 Å². The van der Waals surface area contributed by atoms with Gasteiger partial charge in [0.2, 0.25) is 11.9 Å². The first-order valence-corrected chi connectivity index (χ1v) is 12.4. The molecule has 0 saturated carbocycles. The van der Waals surface area contributed by atoms with Gasteiger partial charge in [0.15, 0.2) is 18.0 Å². The molecule has 2 aromatic heterocycles. The number of anilines is 3. The number of morpholine rings is 2. The summed E-state index contributed by atoms with van der Waals surface area (Å²) in [6.07, 6.45) is 3.56. The fourth-order valence-electron chi connectivity index (χ4n) is 4.14. The van der Waals surface area contributed by atoms with Crippen LogP contribution in [0.5, 0.6) is 0 Å². The van der Waals surface area contributed by atoms with Crippen LogP contribution in [0.25, 0.3) is 11.3 Å². The molecule has 3 aliphatic heterocycles. The lowest BCUT2D eigenvalue weighted by molar-refractivity contribution is 0.0386. The summed E-state index contributed by atoms with van der Waals surface area (Å²) in [7, 11) is 0. The summed E-state index contributed by atoms with van der Waals surface area (Å²) in [4.78, 5) is 34.6. The number of fused-ring (bicyclic) bond motifs is 1. The first-order chi connectivity index (χ1) is 17.2. The highest BCUT2D eigenvalue weighted by molar-refractivity contribution is 7.96. The number of hydrogen-bond donors (Lipinski definition) is 2. The normalized spacial score (nSPS) is 18.4. The van der Waals surface area contributed by atoms with Crippen molar-refractivity contribution < 1.29 is 18.5 Å². The fraction of sp³-hybridized carbons (Fsp3) is 0.571. The molecule has 0 spiro atoms.